The maximum Gasteiger partial charge on any atom is 0.227 e. The van der Waals surface area contributed by atoms with Crippen molar-refractivity contribution in [3.63, 3.8) is 0 Å². The second-order valence-electron chi connectivity index (χ2n) is 9.60. The number of para-hydroxylation sites is 1. The quantitative estimate of drug-likeness (QED) is 0.823. The van der Waals surface area contributed by atoms with Crippen molar-refractivity contribution in [1.29, 1.82) is 0 Å². The maximum atomic E-state index is 12.9. The highest BCUT2D eigenvalue weighted by Gasteiger charge is 2.38. The lowest BCUT2D eigenvalue weighted by molar-refractivity contribution is -0.121. The maximum absolute atomic E-state index is 12.9. The van der Waals surface area contributed by atoms with Crippen molar-refractivity contribution >= 4 is 11.6 Å². The van der Waals surface area contributed by atoms with Gasteiger partial charge >= 0.3 is 0 Å². The van der Waals surface area contributed by atoms with E-state index in [1.54, 1.807) is 0 Å². The highest BCUT2D eigenvalue weighted by atomic mass is 16.1. The molecule has 1 aliphatic carbocycles. The van der Waals surface area contributed by atoms with E-state index in [4.69, 9.17) is 0 Å². The third-order valence-electron chi connectivity index (χ3n) is 7.25. The molecule has 3 rings (SSSR count). The molecule has 1 aromatic carbocycles. The van der Waals surface area contributed by atoms with Gasteiger partial charge in [-0.05, 0) is 98.4 Å². The Kier molecular flexibility index (Phi) is 7.36. The number of hydrogen-bond donors (Lipinski definition) is 1. The number of benzene rings is 1. The Labute approximate surface area is 177 Å². The van der Waals surface area contributed by atoms with Gasteiger partial charge in [0.25, 0.3) is 0 Å². The molecule has 2 fully saturated rings. The number of rotatable bonds is 5. The van der Waals surface area contributed by atoms with Crippen molar-refractivity contribution in [3.05, 3.63) is 29.3 Å². The molecule has 1 aromatic rings. The SMILES string of the molecule is Cc1cccc(C)c1NC(=O)C1CCN(C2CCC(N(C)C)CC2N(C)C)CC1. The summed E-state index contributed by atoms with van der Waals surface area (Å²) in [6, 6.07) is 8.07. The molecule has 3 atom stereocenters. The van der Waals surface area contributed by atoms with E-state index in [9.17, 15) is 4.79 Å². The van der Waals surface area contributed by atoms with E-state index >= 15 is 0 Å². The molecule has 3 unspecified atom stereocenters. The number of nitrogens with zero attached hydrogens (tertiary/aromatic N) is 3. The molecule has 1 aliphatic heterocycles. The van der Waals surface area contributed by atoms with E-state index in [1.807, 2.05) is 6.07 Å². The standard InChI is InChI=1S/C24H40N4O/c1-17-8-7-9-18(2)23(17)25-24(29)19-12-14-28(15-13-19)21-11-10-20(26(3)4)16-22(21)27(5)6/h7-9,19-22H,10-16H2,1-6H3,(H,25,29). The van der Waals surface area contributed by atoms with E-state index in [1.165, 1.54) is 19.3 Å². The van der Waals surface area contributed by atoms with Gasteiger partial charge in [-0.1, -0.05) is 18.2 Å². The van der Waals surface area contributed by atoms with Crippen LogP contribution in [0.15, 0.2) is 18.2 Å². The molecule has 2 aliphatic rings. The van der Waals surface area contributed by atoms with E-state index in [0.717, 1.165) is 42.7 Å². The Hall–Kier alpha value is -1.43. The number of hydrogen-bond acceptors (Lipinski definition) is 4. The molecule has 0 bridgehead atoms. The van der Waals surface area contributed by atoms with Crippen LogP contribution in [0.5, 0.6) is 0 Å². The van der Waals surface area contributed by atoms with Crippen molar-refractivity contribution in [3.8, 4) is 0 Å². The van der Waals surface area contributed by atoms with Crippen LogP contribution in [-0.2, 0) is 4.79 Å². The number of piperidine rings is 1. The van der Waals surface area contributed by atoms with Gasteiger partial charge in [-0.3, -0.25) is 9.69 Å². The molecule has 5 nitrogen and oxygen atoms in total. The number of likely N-dealkylation sites (tertiary alicyclic amines) is 1. The molecule has 1 N–H and O–H groups in total. The van der Waals surface area contributed by atoms with Crippen molar-refractivity contribution in [1.82, 2.24) is 14.7 Å². The van der Waals surface area contributed by atoms with Gasteiger partial charge in [0.2, 0.25) is 5.91 Å². The molecule has 0 spiro atoms. The molecular weight excluding hydrogens is 360 g/mol. The molecule has 1 saturated heterocycles. The van der Waals surface area contributed by atoms with Crippen LogP contribution >= 0.6 is 0 Å². The Morgan fingerprint density at radius 1 is 0.966 bits per heavy atom. The lowest BCUT2D eigenvalue weighted by Crippen LogP contribution is -2.57. The zero-order valence-electron chi connectivity index (χ0n) is 19.2. The smallest absolute Gasteiger partial charge is 0.227 e. The lowest BCUT2D eigenvalue weighted by atomic mass is 9.83. The van der Waals surface area contributed by atoms with Crippen LogP contribution in [-0.4, -0.2) is 80.0 Å². The predicted molar refractivity (Wildman–Crippen MR) is 121 cm³/mol. The molecule has 0 aromatic heterocycles. The van der Waals surface area contributed by atoms with Gasteiger partial charge in [0.05, 0.1) is 0 Å². The topological polar surface area (TPSA) is 38.8 Å². The molecule has 1 saturated carbocycles. The van der Waals surface area contributed by atoms with Gasteiger partial charge in [-0.2, -0.15) is 0 Å². The minimum Gasteiger partial charge on any atom is -0.325 e. The van der Waals surface area contributed by atoms with Crippen LogP contribution in [0.25, 0.3) is 0 Å². The van der Waals surface area contributed by atoms with E-state index < -0.39 is 0 Å². The first kappa shape index (κ1) is 22.3. The summed E-state index contributed by atoms with van der Waals surface area (Å²) in [5.74, 6) is 0.323. The molecule has 0 radical (unpaired) electrons. The summed E-state index contributed by atoms with van der Waals surface area (Å²) in [7, 11) is 8.86. The largest absolute Gasteiger partial charge is 0.325 e. The molecule has 1 heterocycles. The molecule has 5 heteroatoms. The van der Waals surface area contributed by atoms with Gasteiger partial charge < -0.3 is 15.1 Å². The summed E-state index contributed by atoms with van der Waals surface area (Å²) in [5.41, 5.74) is 3.28. The number of likely N-dealkylation sites (N-methyl/N-ethyl adjacent to an activating group) is 1. The number of anilines is 1. The fourth-order valence-electron chi connectivity index (χ4n) is 5.29. The fourth-order valence-corrected chi connectivity index (χ4v) is 5.29. The van der Waals surface area contributed by atoms with E-state index in [-0.39, 0.29) is 11.8 Å². The minimum atomic E-state index is 0.126. The first-order chi connectivity index (χ1) is 13.8. The number of amides is 1. The Bertz CT molecular complexity index is 674. The summed E-state index contributed by atoms with van der Waals surface area (Å²) in [5, 5.41) is 3.22. The highest BCUT2D eigenvalue weighted by molar-refractivity contribution is 5.94. The molecular formula is C24H40N4O. The van der Waals surface area contributed by atoms with Crippen LogP contribution in [0.1, 0.15) is 43.2 Å². The summed E-state index contributed by atoms with van der Waals surface area (Å²) >= 11 is 0. The number of carbonyl (C=O) groups excluding carboxylic acids is 1. The van der Waals surface area contributed by atoms with E-state index in [2.05, 4.69) is 74.2 Å². The average molecular weight is 401 g/mol. The zero-order chi connectivity index (χ0) is 21.1. The minimum absolute atomic E-state index is 0.126. The Morgan fingerprint density at radius 2 is 1.59 bits per heavy atom. The Balaban J connectivity index is 1.57. The normalized spacial score (nSPS) is 26.8. The van der Waals surface area contributed by atoms with Crippen LogP contribution < -0.4 is 5.32 Å². The van der Waals surface area contributed by atoms with Crippen molar-refractivity contribution in [2.45, 2.75) is 64.1 Å². The van der Waals surface area contributed by atoms with Gasteiger partial charge in [0.1, 0.15) is 0 Å². The summed E-state index contributed by atoms with van der Waals surface area (Å²) in [6.45, 7) is 6.20. The first-order valence-corrected chi connectivity index (χ1v) is 11.2. The lowest BCUT2D eigenvalue weighted by Gasteiger charge is -2.48. The molecule has 29 heavy (non-hydrogen) atoms. The molecule has 162 valence electrons. The highest BCUT2D eigenvalue weighted by Crippen LogP contribution is 2.32. The predicted octanol–water partition coefficient (Wildman–Crippen LogP) is 3.37. The fraction of sp³-hybridized carbons (Fsp3) is 0.708. The van der Waals surface area contributed by atoms with Gasteiger partial charge in [-0.25, -0.2) is 0 Å². The second kappa shape index (κ2) is 9.59. The number of aryl methyl sites for hydroxylation is 2. The van der Waals surface area contributed by atoms with Crippen LogP contribution in [0.3, 0.4) is 0 Å². The van der Waals surface area contributed by atoms with Crippen molar-refractivity contribution in [2.75, 3.05) is 46.6 Å². The van der Waals surface area contributed by atoms with Gasteiger partial charge in [0.15, 0.2) is 0 Å². The summed E-state index contributed by atoms with van der Waals surface area (Å²) in [6.07, 6.45) is 5.69. The summed E-state index contributed by atoms with van der Waals surface area (Å²) in [4.78, 5) is 20.4. The van der Waals surface area contributed by atoms with Crippen LogP contribution in [0, 0.1) is 19.8 Å². The van der Waals surface area contributed by atoms with E-state index in [0.29, 0.717) is 18.1 Å². The molecule has 1 amide bonds. The van der Waals surface area contributed by atoms with Crippen LogP contribution in [0.4, 0.5) is 5.69 Å². The van der Waals surface area contributed by atoms with Crippen molar-refractivity contribution in [2.24, 2.45) is 5.92 Å². The Morgan fingerprint density at radius 3 is 2.14 bits per heavy atom. The summed E-state index contributed by atoms with van der Waals surface area (Å²) < 4.78 is 0. The second-order valence-corrected chi connectivity index (χ2v) is 9.60. The van der Waals surface area contributed by atoms with Gasteiger partial charge in [0, 0.05) is 29.7 Å². The monoisotopic (exact) mass is 400 g/mol. The third-order valence-corrected chi connectivity index (χ3v) is 7.25. The van der Waals surface area contributed by atoms with Crippen LogP contribution in [0.2, 0.25) is 0 Å². The first-order valence-electron chi connectivity index (χ1n) is 11.2. The number of nitrogens with one attached hydrogen (secondary N) is 1. The number of carbonyl (C=O) groups is 1. The van der Waals surface area contributed by atoms with Crippen molar-refractivity contribution < 1.29 is 4.79 Å². The zero-order valence-corrected chi connectivity index (χ0v) is 19.2. The average Bonchev–Trinajstić information content (AvgIpc) is 2.70. The van der Waals surface area contributed by atoms with Gasteiger partial charge in [-0.15, -0.1) is 0 Å². The third kappa shape index (κ3) is 5.19.